The first-order valence-corrected chi connectivity index (χ1v) is 8.01. The normalized spacial score (nSPS) is 13.2. The maximum atomic E-state index is 10.7. The molecule has 0 bridgehead atoms. The Bertz CT molecular complexity index is 629. The van der Waals surface area contributed by atoms with E-state index in [1.54, 1.807) is 0 Å². The first-order valence-electron chi connectivity index (χ1n) is 8.01. The Hall–Kier alpha value is -2.37. The summed E-state index contributed by atoms with van der Waals surface area (Å²) in [6, 6.07) is 17.5. The number of hydrogen-bond acceptors (Lipinski definition) is 4. The van der Waals surface area contributed by atoms with E-state index in [4.69, 9.17) is 10.5 Å². The number of rotatable bonds is 9. The van der Waals surface area contributed by atoms with Crippen LogP contribution in [0.15, 0.2) is 54.6 Å². The van der Waals surface area contributed by atoms with E-state index >= 15 is 0 Å². The van der Waals surface area contributed by atoms with Gasteiger partial charge in [0.1, 0.15) is 12.0 Å². The molecule has 0 radical (unpaired) electrons. The molecule has 5 heteroatoms. The summed E-state index contributed by atoms with van der Waals surface area (Å²) in [4.78, 5) is 10.7. The second-order valence-corrected chi connectivity index (χ2v) is 5.88. The van der Waals surface area contributed by atoms with Gasteiger partial charge in [0.2, 0.25) is 0 Å². The molecule has 2 aromatic rings. The fraction of sp³-hybridized carbons (Fsp3) is 0.316. The molecule has 0 aliphatic carbocycles. The van der Waals surface area contributed by atoms with Crippen molar-refractivity contribution in [2.24, 2.45) is 5.73 Å². The summed E-state index contributed by atoms with van der Waals surface area (Å²) in [5.41, 5.74) is 7.26. The quantitative estimate of drug-likeness (QED) is 0.611. The molecule has 0 spiro atoms. The number of benzene rings is 2. The molecule has 1 amide bonds. The van der Waals surface area contributed by atoms with Crippen molar-refractivity contribution in [3.63, 3.8) is 0 Å². The van der Waals surface area contributed by atoms with E-state index in [2.05, 4.69) is 5.32 Å². The van der Waals surface area contributed by atoms with Crippen LogP contribution in [0.3, 0.4) is 0 Å². The highest BCUT2D eigenvalue weighted by molar-refractivity contribution is 5.75. The average molecular weight is 328 g/mol. The highest BCUT2D eigenvalue weighted by Gasteiger charge is 2.10. The molecule has 2 rings (SSSR count). The molecule has 24 heavy (non-hydrogen) atoms. The van der Waals surface area contributed by atoms with Crippen LogP contribution in [0.2, 0.25) is 0 Å². The standard InChI is InChI=1S/C19H24N2O3/c1-14(21-19(23)12-15-5-3-2-4-6-15)11-16-7-9-17(10-8-16)24-13-18(20)22/h2-10,14,19,21,23H,11-13H2,1H3,(H2,20,22)/t14-,19-/m1/s1. The first-order chi connectivity index (χ1) is 11.5. The van der Waals surface area contributed by atoms with Crippen molar-refractivity contribution in [3.05, 3.63) is 65.7 Å². The zero-order valence-corrected chi connectivity index (χ0v) is 13.8. The van der Waals surface area contributed by atoms with Gasteiger partial charge in [0.25, 0.3) is 5.91 Å². The van der Waals surface area contributed by atoms with E-state index in [1.165, 1.54) is 0 Å². The average Bonchev–Trinajstić information content (AvgIpc) is 2.54. The summed E-state index contributed by atoms with van der Waals surface area (Å²) < 4.78 is 5.23. The van der Waals surface area contributed by atoms with Crippen molar-refractivity contribution in [2.75, 3.05) is 6.61 Å². The molecule has 0 unspecified atom stereocenters. The van der Waals surface area contributed by atoms with Gasteiger partial charge in [-0.05, 0) is 36.6 Å². The third-order valence-corrected chi connectivity index (χ3v) is 3.60. The van der Waals surface area contributed by atoms with Crippen LogP contribution in [0.4, 0.5) is 0 Å². The van der Waals surface area contributed by atoms with Gasteiger partial charge < -0.3 is 15.6 Å². The van der Waals surface area contributed by atoms with Gasteiger partial charge >= 0.3 is 0 Å². The van der Waals surface area contributed by atoms with Gasteiger partial charge in [-0.25, -0.2) is 0 Å². The van der Waals surface area contributed by atoms with Crippen LogP contribution < -0.4 is 15.8 Å². The first kappa shape index (κ1) is 18.0. The summed E-state index contributed by atoms with van der Waals surface area (Å²) >= 11 is 0. The Morgan fingerprint density at radius 1 is 1.08 bits per heavy atom. The molecule has 2 aromatic carbocycles. The van der Waals surface area contributed by atoms with Crippen molar-refractivity contribution in [2.45, 2.75) is 32.0 Å². The number of aliphatic hydroxyl groups is 1. The molecule has 128 valence electrons. The van der Waals surface area contributed by atoms with Gasteiger partial charge in [-0.1, -0.05) is 42.5 Å². The smallest absolute Gasteiger partial charge is 0.255 e. The lowest BCUT2D eigenvalue weighted by atomic mass is 10.1. The topological polar surface area (TPSA) is 84.6 Å². The van der Waals surface area contributed by atoms with Crippen LogP contribution in [0.1, 0.15) is 18.1 Å². The molecule has 0 saturated heterocycles. The molecular weight excluding hydrogens is 304 g/mol. The minimum absolute atomic E-state index is 0.122. The van der Waals surface area contributed by atoms with E-state index in [1.807, 2.05) is 61.5 Å². The Morgan fingerprint density at radius 3 is 2.33 bits per heavy atom. The lowest BCUT2D eigenvalue weighted by Crippen LogP contribution is -2.39. The van der Waals surface area contributed by atoms with Crippen LogP contribution in [0, 0.1) is 0 Å². The number of nitrogens with one attached hydrogen (secondary N) is 1. The number of aliphatic hydroxyl groups excluding tert-OH is 1. The Labute approximate surface area is 142 Å². The predicted molar refractivity (Wildman–Crippen MR) is 93.6 cm³/mol. The van der Waals surface area contributed by atoms with Crippen molar-refractivity contribution in [1.82, 2.24) is 5.32 Å². The fourth-order valence-electron chi connectivity index (χ4n) is 2.51. The molecule has 2 atom stereocenters. The van der Waals surface area contributed by atoms with Crippen molar-refractivity contribution < 1.29 is 14.6 Å². The third kappa shape index (κ3) is 6.40. The number of amides is 1. The molecule has 0 aliphatic heterocycles. The summed E-state index contributed by atoms with van der Waals surface area (Å²) in [7, 11) is 0. The van der Waals surface area contributed by atoms with Gasteiger partial charge in [-0.3, -0.25) is 10.1 Å². The van der Waals surface area contributed by atoms with E-state index in [0.29, 0.717) is 12.2 Å². The lowest BCUT2D eigenvalue weighted by molar-refractivity contribution is -0.119. The van der Waals surface area contributed by atoms with E-state index in [0.717, 1.165) is 17.5 Å². The van der Waals surface area contributed by atoms with E-state index in [-0.39, 0.29) is 12.6 Å². The second kappa shape index (κ2) is 9.05. The molecule has 0 aliphatic rings. The number of nitrogens with two attached hydrogens (primary N) is 1. The van der Waals surface area contributed by atoms with Crippen molar-refractivity contribution in [3.8, 4) is 5.75 Å². The highest BCUT2D eigenvalue weighted by atomic mass is 16.5. The number of ether oxygens (including phenoxy) is 1. The minimum atomic E-state index is -0.583. The monoisotopic (exact) mass is 328 g/mol. The second-order valence-electron chi connectivity index (χ2n) is 5.88. The zero-order chi connectivity index (χ0) is 17.4. The Balaban J connectivity index is 1.79. The molecule has 0 heterocycles. The maximum absolute atomic E-state index is 10.7. The molecule has 0 aromatic heterocycles. The molecule has 0 fully saturated rings. The predicted octanol–water partition coefficient (Wildman–Crippen LogP) is 1.63. The summed E-state index contributed by atoms with van der Waals surface area (Å²) in [6.07, 6.45) is 0.771. The van der Waals surface area contributed by atoms with E-state index in [9.17, 15) is 9.90 Å². The number of carbonyl (C=O) groups excluding carboxylic acids is 1. The highest BCUT2D eigenvalue weighted by Crippen LogP contribution is 2.13. The molecule has 5 nitrogen and oxygen atoms in total. The maximum Gasteiger partial charge on any atom is 0.255 e. The molecule has 4 N–H and O–H groups in total. The SMILES string of the molecule is C[C@H](Cc1ccc(OCC(N)=O)cc1)N[C@H](O)Cc1ccccc1. The van der Waals surface area contributed by atoms with Gasteiger partial charge in [-0.15, -0.1) is 0 Å². The minimum Gasteiger partial charge on any atom is -0.484 e. The van der Waals surface area contributed by atoms with Gasteiger partial charge in [0, 0.05) is 12.5 Å². The largest absolute Gasteiger partial charge is 0.484 e. The van der Waals surface area contributed by atoms with Crippen LogP contribution in [0.25, 0.3) is 0 Å². The summed E-state index contributed by atoms with van der Waals surface area (Å²) in [5.74, 6) is 0.117. The van der Waals surface area contributed by atoms with Crippen LogP contribution >= 0.6 is 0 Å². The number of carbonyl (C=O) groups is 1. The zero-order valence-electron chi connectivity index (χ0n) is 13.8. The van der Waals surface area contributed by atoms with Crippen LogP contribution in [0.5, 0.6) is 5.75 Å². The summed E-state index contributed by atoms with van der Waals surface area (Å²) in [6.45, 7) is 1.91. The lowest BCUT2D eigenvalue weighted by Gasteiger charge is -2.19. The third-order valence-electron chi connectivity index (χ3n) is 3.60. The Morgan fingerprint density at radius 2 is 1.71 bits per heavy atom. The Kier molecular flexibility index (Phi) is 6.78. The molecule has 0 saturated carbocycles. The van der Waals surface area contributed by atoms with Gasteiger partial charge in [0.05, 0.1) is 0 Å². The van der Waals surface area contributed by atoms with Crippen LogP contribution in [-0.2, 0) is 17.6 Å². The van der Waals surface area contributed by atoms with Gasteiger partial charge in [0.15, 0.2) is 6.61 Å². The van der Waals surface area contributed by atoms with Gasteiger partial charge in [-0.2, -0.15) is 0 Å². The molecular formula is C19H24N2O3. The summed E-state index contributed by atoms with van der Waals surface area (Å²) in [5, 5.41) is 13.3. The van der Waals surface area contributed by atoms with E-state index < -0.39 is 12.1 Å². The van der Waals surface area contributed by atoms with Crippen LogP contribution in [-0.4, -0.2) is 29.9 Å². The number of primary amides is 1. The van der Waals surface area contributed by atoms with Crippen molar-refractivity contribution >= 4 is 5.91 Å². The van der Waals surface area contributed by atoms with Crippen molar-refractivity contribution in [1.29, 1.82) is 0 Å². The fourth-order valence-corrected chi connectivity index (χ4v) is 2.51. The number of hydrogen-bond donors (Lipinski definition) is 3.